The Morgan fingerprint density at radius 3 is 2.00 bits per heavy atom. The minimum atomic E-state index is 0.725. The predicted molar refractivity (Wildman–Crippen MR) is 58.7 cm³/mol. The first-order chi connectivity index (χ1) is 6.86. The Kier molecular flexibility index (Phi) is 2.16. The lowest BCUT2D eigenvalue weighted by atomic mass is 9.52. The highest BCUT2D eigenvalue weighted by atomic mass is 14.5. The summed E-state index contributed by atoms with van der Waals surface area (Å²) < 4.78 is 0. The van der Waals surface area contributed by atoms with Gasteiger partial charge >= 0.3 is 0 Å². The van der Waals surface area contributed by atoms with Gasteiger partial charge in [-0.2, -0.15) is 0 Å². The van der Waals surface area contributed by atoms with E-state index in [2.05, 4.69) is 12.2 Å². The van der Waals surface area contributed by atoms with Crippen LogP contribution in [0.2, 0.25) is 0 Å². The molecule has 0 unspecified atom stereocenters. The highest BCUT2D eigenvalue weighted by Crippen LogP contribution is 2.56. The van der Waals surface area contributed by atoms with Gasteiger partial charge in [-0.15, -0.1) is 0 Å². The van der Waals surface area contributed by atoms with E-state index < -0.39 is 0 Å². The lowest BCUT2D eigenvalue weighted by molar-refractivity contribution is -0.0162. The molecule has 0 aliphatic heterocycles. The molecule has 4 fully saturated rings. The second-order valence-electron chi connectivity index (χ2n) is 5.67. The van der Waals surface area contributed by atoms with Gasteiger partial charge in [0.05, 0.1) is 0 Å². The van der Waals surface area contributed by atoms with Gasteiger partial charge in [0.15, 0.2) is 0 Å². The Hall–Kier alpha value is -0.300. The van der Waals surface area contributed by atoms with E-state index in [9.17, 15) is 0 Å². The number of hydrogen-bond acceptors (Lipinski definition) is 1. The smallest absolute Gasteiger partial charge is 0.0106 e. The molecule has 0 aromatic heterocycles. The van der Waals surface area contributed by atoms with Crippen molar-refractivity contribution in [1.82, 2.24) is 0 Å². The molecular weight excluding hydrogens is 170 g/mol. The number of hydrogen-bond donors (Lipinski definition) is 1. The minimum Gasteiger partial charge on any atom is -0.327 e. The first-order valence-corrected chi connectivity index (χ1v) is 6.23. The van der Waals surface area contributed by atoms with Crippen LogP contribution in [0, 0.1) is 29.6 Å². The highest BCUT2D eigenvalue weighted by Gasteiger charge is 2.46. The average Bonchev–Trinajstić information content (AvgIpc) is 2.15. The van der Waals surface area contributed by atoms with Crippen molar-refractivity contribution in [2.75, 3.05) is 6.54 Å². The molecule has 0 heterocycles. The Bertz CT molecular complexity index is 216. The quantitative estimate of drug-likeness (QED) is 0.667. The van der Waals surface area contributed by atoms with Crippen molar-refractivity contribution >= 4 is 0 Å². The van der Waals surface area contributed by atoms with Crippen LogP contribution in [0.5, 0.6) is 0 Å². The van der Waals surface area contributed by atoms with Crippen molar-refractivity contribution in [2.24, 2.45) is 35.3 Å². The molecule has 0 aromatic rings. The monoisotopic (exact) mass is 191 g/mol. The molecule has 1 heteroatoms. The van der Waals surface area contributed by atoms with E-state index in [1.54, 1.807) is 6.42 Å². The third kappa shape index (κ3) is 1.33. The second-order valence-corrected chi connectivity index (χ2v) is 5.67. The van der Waals surface area contributed by atoms with Crippen molar-refractivity contribution in [3.63, 3.8) is 0 Å². The zero-order valence-electron chi connectivity index (χ0n) is 8.86. The van der Waals surface area contributed by atoms with Crippen LogP contribution >= 0.6 is 0 Å². The molecule has 4 rings (SSSR count). The van der Waals surface area contributed by atoms with E-state index in [1.165, 1.54) is 25.7 Å². The van der Waals surface area contributed by atoms with Crippen LogP contribution in [0.15, 0.2) is 12.2 Å². The first-order valence-electron chi connectivity index (χ1n) is 6.23. The van der Waals surface area contributed by atoms with Gasteiger partial charge in [-0.1, -0.05) is 12.2 Å². The predicted octanol–water partition coefficient (Wildman–Crippen LogP) is 2.57. The molecule has 78 valence electrons. The maximum absolute atomic E-state index is 5.55. The molecule has 0 saturated heterocycles. The molecule has 4 saturated carbocycles. The summed E-state index contributed by atoms with van der Waals surface area (Å²) in [5.74, 6) is 5.13. The summed E-state index contributed by atoms with van der Waals surface area (Å²) in [6, 6.07) is 0. The summed E-state index contributed by atoms with van der Waals surface area (Å²) in [4.78, 5) is 0. The van der Waals surface area contributed by atoms with Gasteiger partial charge in [-0.25, -0.2) is 0 Å². The summed E-state index contributed by atoms with van der Waals surface area (Å²) in [7, 11) is 0. The zero-order valence-corrected chi connectivity index (χ0v) is 8.86. The molecule has 0 amide bonds. The fraction of sp³-hybridized carbons (Fsp3) is 0.846. The van der Waals surface area contributed by atoms with Crippen LogP contribution < -0.4 is 5.73 Å². The van der Waals surface area contributed by atoms with E-state index in [1.807, 2.05) is 0 Å². The van der Waals surface area contributed by atoms with Crippen molar-refractivity contribution < 1.29 is 0 Å². The standard InChI is InChI=1S/C13H21N/c14-3-1-2-13-11-5-9-4-10(7-11)8-12(13)6-9/h1-2,9-13H,3-8,14H2/b2-1+. The highest BCUT2D eigenvalue weighted by molar-refractivity contribution is 5.05. The van der Waals surface area contributed by atoms with Crippen molar-refractivity contribution in [3.05, 3.63) is 12.2 Å². The Labute approximate surface area is 86.8 Å². The lowest BCUT2D eigenvalue weighted by Gasteiger charge is -2.53. The Morgan fingerprint density at radius 2 is 1.50 bits per heavy atom. The number of rotatable bonds is 2. The van der Waals surface area contributed by atoms with E-state index in [0.29, 0.717) is 0 Å². The minimum absolute atomic E-state index is 0.725. The van der Waals surface area contributed by atoms with Crippen molar-refractivity contribution in [3.8, 4) is 0 Å². The molecule has 0 spiro atoms. The molecule has 4 aliphatic carbocycles. The first kappa shape index (κ1) is 8.96. The van der Waals surface area contributed by atoms with E-state index in [0.717, 1.165) is 36.1 Å². The SMILES string of the molecule is NC/C=C/C1C2CC3CC(C2)CC1C3. The number of allylic oxidation sites excluding steroid dienone is 1. The van der Waals surface area contributed by atoms with E-state index in [4.69, 9.17) is 5.73 Å². The summed E-state index contributed by atoms with van der Waals surface area (Å²) in [5, 5.41) is 0. The molecule has 0 radical (unpaired) electrons. The molecule has 4 bridgehead atoms. The largest absolute Gasteiger partial charge is 0.327 e. The summed E-state index contributed by atoms with van der Waals surface area (Å²) in [6.45, 7) is 0.725. The van der Waals surface area contributed by atoms with E-state index in [-0.39, 0.29) is 0 Å². The second kappa shape index (κ2) is 3.37. The van der Waals surface area contributed by atoms with Crippen molar-refractivity contribution in [2.45, 2.75) is 32.1 Å². The van der Waals surface area contributed by atoms with Crippen LogP contribution in [0.3, 0.4) is 0 Å². The van der Waals surface area contributed by atoms with Crippen LogP contribution in [-0.2, 0) is 0 Å². The molecule has 1 nitrogen and oxygen atoms in total. The third-order valence-electron chi connectivity index (χ3n) is 4.79. The summed E-state index contributed by atoms with van der Waals surface area (Å²) in [5.41, 5.74) is 5.55. The maximum atomic E-state index is 5.55. The molecule has 4 aliphatic rings. The zero-order chi connectivity index (χ0) is 9.54. The van der Waals surface area contributed by atoms with Crippen molar-refractivity contribution in [1.29, 1.82) is 0 Å². The lowest BCUT2D eigenvalue weighted by Crippen LogP contribution is -2.44. The normalized spacial score (nSPS) is 50.5. The van der Waals surface area contributed by atoms with Gasteiger partial charge < -0.3 is 5.73 Å². The fourth-order valence-corrected chi connectivity index (χ4v) is 4.52. The topological polar surface area (TPSA) is 26.0 Å². The summed E-state index contributed by atoms with van der Waals surface area (Å²) >= 11 is 0. The molecule has 2 N–H and O–H groups in total. The third-order valence-corrected chi connectivity index (χ3v) is 4.79. The molecule has 0 atom stereocenters. The maximum Gasteiger partial charge on any atom is 0.0106 e. The van der Waals surface area contributed by atoms with Crippen LogP contribution in [0.1, 0.15) is 32.1 Å². The van der Waals surface area contributed by atoms with Gasteiger partial charge in [-0.3, -0.25) is 0 Å². The average molecular weight is 191 g/mol. The fourth-order valence-electron chi connectivity index (χ4n) is 4.52. The number of nitrogens with two attached hydrogens (primary N) is 1. The Balaban J connectivity index is 1.77. The molecule has 14 heavy (non-hydrogen) atoms. The van der Waals surface area contributed by atoms with Crippen LogP contribution in [0.25, 0.3) is 0 Å². The van der Waals surface area contributed by atoms with Gasteiger partial charge in [0, 0.05) is 6.54 Å². The van der Waals surface area contributed by atoms with E-state index >= 15 is 0 Å². The Morgan fingerprint density at radius 1 is 0.929 bits per heavy atom. The van der Waals surface area contributed by atoms with Gasteiger partial charge in [-0.05, 0) is 61.7 Å². The van der Waals surface area contributed by atoms with Gasteiger partial charge in [0.2, 0.25) is 0 Å². The summed E-state index contributed by atoms with van der Waals surface area (Å²) in [6.07, 6.45) is 12.3. The van der Waals surface area contributed by atoms with Crippen LogP contribution in [-0.4, -0.2) is 6.54 Å². The molecular formula is C13H21N. The van der Waals surface area contributed by atoms with Crippen LogP contribution in [0.4, 0.5) is 0 Å². The molecule has 0 aromatic carbocycles. The van der Waals surface area contributed by atoms with Gasteiger partial charge in [0.1, 0.15) is 0 Å². The van der Waals surface area contributed by atoms with Gasteiger partial charge in [0.25, 0.3) is 0 Å².